The van der Waals surface area contributed by atoms with Gasteiger partial charge in [0.1, 0.15) is 21.5 Å². The van der Waals surface area contributed by atoms with Crippen molar-refractivity contribution in [3.63, 3.8) is 0 Å². The van der Waals surface area contributed by atoms with Crippen LogP contribution in [0, 0.1) is 13.8 Å². The van der Waals surface area contributed by atoms with Crippen LogP contribution in [-0.4, -0.2) is 27.5 Å². The highest BCUT2D eigenvalue weighted by Gasteiger charge is 2.18. The van der Waals surface area contributed by atoms with Gasteiger partial charge in [-0.15, -0.1) is 11.3 Å². The van der Waals surface area contributed by atoms with E-state index >= 15 is 0 Å². The zero-order chi connectivity index (χ0) is 14.0. The molecule has 100 valence electrons. The number of thiazole rings is 1. The molecule has 7 heteroatoms. The van der Waals surface area contributed by atoms with Crippen LogP contribution in [0.1, 0.15) is 28.1 Å². The Balaban J connectivity index is 2.42. The Labute approximate surface area is 114 Å². The molecule has 0 bridgehead atoms. The molecular weight excluding hydrogens is 264 g/mol. The van der Waals surface area contributed by atoms with Crippen LogP contribution in [0.15, 0.2) is 6.20 Å². The Hall–Kier alpha value is -2.02. The van der Waals surface area contributed by atoms with Crippen molar-refractivity contribution in [2.24, 2.45) is 0 Å². The molecule has 0 fully saturated rings. The lowest BCUT2D eigenvalue weighted by atomic mass is 10.3. The number of carbonyl (C=O) groups is 1. The second-order valence-electron chi connectivity index (χ2n) is 3.87. The minimum atomic E-state index is -0.365. The number of esters is 1. The highest BCUT2D eigenvalue weighted by atomic mass is 32.1. The van der Waals surface area contributed by atoms with Gasteiger partial charge in [0.2, 0.25) is 0 Å². The second kappa shape index (κ2) is 5.31. The normalized spacial score (nSPS) is 10.5. The molecule has 0 unspecified atom stereocenters. The molecule has 0 aliphatic rings. The van der Waals surface area contributed by atoms with Crippen LogP contribution in [0.3, 0.4) is 0 Å². The Bertz CT molecular complexity index is 624. The number of aromatic nitrogens is 3. The molecule has 6 nitrogen and oxygen atoms in total. The molecule has 0 spiro atoms. The minimum Gasteiger partial charge on any atom is -0.462 e. The van der Waals surface area contributed by atoms with Crippen molar-refractivity contribution in [1.29, 1.82) is 0 Å². The molecule has 0 atom stereocenters. The predicted octanol–water partition coefficient (Wildman–Crippen LogP) is 1.98. The SMILES string of the molecule is CCOC(=O)c1sc(-c2cnc(C)nc2N)nc1C. The molecule has 0 aliphatic carbocycles. The summed E-state index contributed by atoms with van der Waals surface area (Å²) in [6.07, 6.45) is 1.62. The molecule has 0 aliphatic heterocycles. The average molecular weight is 278 g/mol. The van der Waals surface area contributed by atoms with E-state index in [0.717, 1.165) is 0 Å². The molecular formula is C12H14N4O2S. The number of ether oxygens (including phenoxy) is 1. The lowest BCUT2D eigenvalue weighted by Crippen LogP contribution is -2.03. The molecule has 2 N–H and O–H groups in total. The summed E-state index contributed by atoms with van der Waals surface area (Å²) in [4.78, 5) is 24.7. The van der Waals surface area contributed by atoms with E-state index in [0.29, 0.717) is 39.4 Å². The largest absolute Gasteiger partial charge is 0.462 e. The van der Waals surface area contributed by atoms with Crippen molar-refractivity contribution in [2.45, 2.75) is 20.8 Å². The second-order valence-corrected chi connectivity index (χ2v) is 4.87. The van der Waals surface area contributed by atoms with E-state index in [-0.39, 0.29) is 5.97 Å². The lowest BCUT2D eigenvalue weighted by molar-refractivity contribution is 0.0531. The van der Waals surface area contributed by atoms with Gasteiger partial charge >= 0.3 is 5.97 Å². The first kappa shape index (κ1) is 13.4. The summed E-state index contributed by atoms with van der Waals surface area (Å²) in [5, 5.41) is 0.623. The summed E-state index contributed by atoms with van der Waals surface area (Å²) in [6, 6.07) is 0. The molecule has 0 aromatic carbocycles. The summed E-state index contributed by atoms with van der Waals surface area (Å²) < 4.78 is 4.98. The maximum Gasteiger partial charge on any atom is 0.350 e. The zero-order valence-corrected chi connectivity index (χ0v) is 11.7. The van der Waals surface area contributed by atoms with E-state index in [1.165, 1.54) is 11.3 Å². The van der Waals surface area contributed by atoms with Crippen molar-refractivity contribution >= 4 is 23.1 Å². The first-order valence-corrected chi connectivity index (χ1v) is 6.58. The molecule has 0 saturated heterocycles. The first-order chi connectivity index (χ1) is 9.02. The first-order valence-electron chi connectivity index (χ1n) is 5.77. The van der Waals surface area contributed by atoms with Crippen LogP contribution in [-0.2, 0) is 4.74 Å². The summed E-state index contributed by atoms with van der Waals surface area (Å²) in [6.45, 7) is 5.62. The number of carbonyl (C=O) groups excluding carboxylic acids is 1. The number of nitrogen functional groups attached to an aromatic ring is 1. The van der Waals surface area contributed by atoms with Gasteiger partial charge in [-0.3, -0.25) is 0 Å². The number of aryl methyl sites for hydroxylation is 2. The van der Waals surface area contributed by atoms with Crippen molar-refractivity contribution in [3.8, 4) is 10.6 Å². The van der Waals surface area contributed by atoms with E-state index in [4.69, 9.17) is 10.5 Å². The monoisotopic (exact) mass is 278 g/mol. The number of anilines is 1. The van der Waals surface area contributed by atoms with Gasteiger partial charge in [0, 0.05) is 6.20 Å². The zero-order valence-electron chi connectivity index (χ0n) is 10.9. The third kappa shape index (κ3) is 2.70. The predicted molar refractivity (Wildman–Crippen MR) is 73.0 cm³/mol. The number of hydrogen-bond acceptors (Lipinski definition) is 7. The van der Waals surface area contributed by atoms with E-state index < -0.39 is 0 Å². The lowest BCUT2D eigenvalue weighted by Gasteiger charge is -2.00. The molecule has 2 rings (SSSR count). The molecule has 0 radical (unpaired) electrons. The third-order valence-electron chi connectivity index (χ3n) is 2.43. The van der Waals surface area contributed by atoms with E-state index in [2.05, 4.69) is 15.0 Å². The molecule has 2 aromatic heterocycles. The van der Waals surface area contributed by atoms with Gasteiger partial charge in [-0.25, -0.2) is 19.7 Å². The van der Waals surface area contributed by atoms with Gasteiger partial charge in [-0.2, -0.15) is 0 Å². The van der Waals surface area contributed by atoms with Crippen LogP contribution < -0.4 is 5.73 Å². The molecule has 0 saturated carbocycles. The number of rotatable bonds is 3. The van der Waals surface area contributed by atoms with E-state index in [9.17, 15) is 4.79 Å². The molecule has 2 aromatic rings. The maximum absolute atomic E-state index is 11.7. The van der Waals surface area contributed by atoms with Crippen LogP contribution in [0.25, 0.3) is 10.6 Å². The van der Waals surface area contributed by atoms with Crippen molar-refractivity contribution in [2.75, 3.05) is 12.3 Å². The third-order valence-corrected chi connectivity index (χ3v) is 3.60. The Morgan fingerprint density at radius 1 is 1.42 bits per heavy atom. The van der Waals surface area contributed by atoms with Crippen molar-refractivity contribution in [1.82, 2.24) is 15.0 Å². The Morgan fingerprint density at radius 2 is 2.16 bits per heavy atom. The van der Waals surface area contributed by atoms with Gasteiger partial charge in [0.15, 0.2) is 0 Å². The van der Waals surface area contributed by atoms with Gasteiger partial charge in [-0.1, -0.05) is 0 Å². The van der Waals surface area contributed by atoms with Gasteiger partial charge in [0.25, 0.3) is 0 Å². The highest BCUT2D eigenvalue weighted by molar-refractivity contribution is 7.17. The smallest absolute Gasteiger partial charge is 0.350 e. The fourth-order valence-corrected chi connectivity index (χ4v) is 2.53. The molecule has 2 heterocycles. The number of nitrogens with zero attached hydrogens (tertiary/aromatic N) is 3. The summed E-state index contributed by atoms with van der Waals surface area (Å²) >= 11 is 1.24. The van der Waals surface area contributed by atoms with E-state index in [1.807, 2.05) is 0 Å². The fourth-order valence-electron chi connectivity index (χ4n) is 1.55. The van der Waals surface area contributed by atoms with Crippen molar-refractivity contribution in [3.05, 3.63) is 22.6 Å². The fraction of sp³-hybridized carbons (Fsp3) is 0.333. The van der Waals surface area contributed by atoms with Crippen LogP contribution >= 0.6 is 11.3 Å². The van der Waals surface area contributed by atoms with Crippen LogP contribution in [0.4, 0.5) is 5.82 Å². The number of nitrogens with two attached hydrogens (primary N) is 1. The van der Waals surface area contributed by atoms with Gasteiger partial charge < -0.3 is 10.5 Å². The summed E-state index contributed by atoms with van der Waals surface area (Å²) in [7, 11) is 0. The topological polar surface area (TPSA) is 91.0 Å². The molecule has 0 amide bonds. The van der Waals surface area contributed by atoms with Crippen molar-refractivity contribution < 1.29 is 9.53 Å². The Morgan fingerprint density at radius 3 is 2.79 bits per heavy atom. The van der Waals surface area contributed by atoms with Crippen LogP contribution in [0.5, 0.6) is 0 Å². The maximum atomic E-state index is 11.7. The van der Waals surface area contributed by atoms with Gasteiger partial charge in [0.05, 0.1) is 17.9 Å². The Kier molecular flexibility index (Phi) is 3.75. The summed E-state index contributed by atoms with van der Waals surface area (Å²) in [5.41, 5.74) is 7.10. The van der Waals surface area contributed by atoms with Crippen LogP contribution in [0.2, 0.25) is 0 Å². The standard InChI is InChI=1S/C12H14N4O2S/c1-4-18-12(17)9-6(2)15-11(19-9)8-5-14-7(3)16-10(8)13/h5H,4H2,1-3H3,(H2,13,14,16). The quantitative estimate of drug-likeness (QED) is 0.863. The van der Waals surface area contributed by atoms with Gasteiger partial charge in [-0.05, 0) is 20.8 Å². The average Bonchev–Trinajstić information content (AvgIpc) is 2.71. The minimum absolute atomic E-state index is 0.335. The highest BCUT2D eigenvalue weighted by Crippen LogP contribution is 2.30. The number of hydrogen-bond donors (Lipinski definition) is 1. The summed E-state index contributed by atoms with van der Waals surface area (Å²) in [5.74, 6) is 0.590. The molecule has 19 heavy (non-hydrogen) atoms. The van der Waals surface area contributed by atoms with E-state index in [1.54, 1.807) is 27.0 Å².